The minimum Gasteiger partial charge on any atom is -0.447 e. The van der Waals surface area contributed by atoms with Crippen molar-refractivity contribution < 1.29 is 19.1 Å². The van der Waals surface area contributed by atoms with E-state index in [2.05, 4.69) is 35.4 Å². The standard InChI is InChI=1S/C27H35N3O4/c1-3-30(4-2)23-13-11-22(12-14-23)28-25(31)27(16-15-20-8-5-6-9-21(20)18-27)29-26(32)34-19-24-10-7-17-33-24/h5-6,8-9,11-14,24H,3-4,7,10,15-19H2,1-2H3,(H,28,31)(H,29,32)/t24-,27-/m0/s1. The lowest BCUT2D eigenvalue weighted by molar-refractivity contribution is -0.122. The summed E-state index contributed by atoms with van der Waals surface area (Å²) in [5.41, 5.74) is 3.01. The molecular formula is C27H35N3O4. The topological polar surface area (TPSA) is 79.9 Å². The summed E-state index contributed by atoms with van der Waals surface area (Å²) in [6, 6.07) is 15.9. The third kappa shape index (κ3) is 5.53. The van der Waals surface area contributed by atoms with Gasteiger partial charge in [0.25, 0.3) is 5.91 Å². The first kappa shape index (κ1) is 24.1. The monoisotopic (exact) mass is 465 g/mol. The van der Waals surface area contributed by atoms with Crippen LogP contribution in [0.4, 0.5) is 16.2 Å². The number of hydrogen-bond donors (Lipinski definition) is 2. The molecule has 2 aromatic carbocycles. The molecule has 2 amide bonds. The molecule has 4 rings (SSSR count). The molecule has 1 aliphatic carbocycles. The van der Waals surface area contributed by atoms with Crippen molar-refractivity contribution in [1.29, 1.82) is 0 Å². The Hall–Kier alpha value is -3.06. The highest BCUT2D eigenvalue weighted by molar-refractivity contribution is 6.00. The molecule has 34 heavy (non-hydrogen) atoms. The summed E-state index contributed by atoms with van der Waals surface area (Å²) < 4.78 is 11.0. The minimum absolute atomic E-state index is 0.0630. The van der Waals surface area contributed by atoms with Gasteiger partial charge in [-0.2, -0.15) is 0 Å². The summed E-state index contributed by atoms with van der Waals surface area (Å²) in [5.74, 6) is -0.230. The van der Waals surface area contributed by atoms with Crippen molar-refractivity contribution in [2.45, 2.75) is 57.6 Å². The number of carbonyl (C=O) groups is 2. The number of amides is 2. The van der Waals surface area contributed by atoms with E-state index >= 15 is 0 Å². The molecule has 0 bridgehead atoms. The van der Waals surface area contributed by atoms with Crippen molar-refractivity contribution in [2.24, 2.45) is 0 Å². The van der Waals surface area contributed by atoms with Gasteiger partial charge < -0.3 is 25.0 Å². The molecule has 2 atom stereocenters. The van der Waals surface area contributed by atoms with E-state index in [-0.39, 0.29) is 18.6 Å². The van der Waals surface area contributed by atoms with Crippen molar-refractivity contribution in [1.82, 2.24) is 5.32 Å². The molecule has 0 spiro atoms. The van der Waals surface area contributed by atoms with Gasteiger partial charge in [0.1, 0.15) is 12.1 Å². The molecule has 2 N–H and O–H groups in total. The van der Waals surface area contributed by atoms with Gasteiger partial charge in [-0.1, -0.05) is 24.3 Å². The number of carbonyl (C=O) groups excluding carboxylic acids is 2. The van der Waals surface area contributed by atoms with Gasteiger partial charge in [-0.15, -0.1) is 0 Å². The summed E-state index contributed by atoms with van der Waals surface area (Å²) in [6.07, 6.45) is 2.84. The van der Waals surface area contributed by atoms with Crippen LogP contribution in [0, 0.1) is 0 Å². The van der Waals surface area contributed by atoms with Gasteiger partial charge >= 0.3 is 6.09 Å². The highest BCUT2D eigenvalue weighted by Crippen LogP contribution is 2.31. The predicted molar refractivity (Wildman–Crippen MR) is 133 cm³/mol. The smallest absolute Gasteiger partial charge is 0.408 e. The maximum Gasteiger partial charge on any atom is 0.408 e. The average molecular weight is 466 g/mol. The summed E-state index contributed by atoms with van der Waals surface area (Å²) in [5, 5.41) is 5.96. The van der Waals surface area contributed by atoms with Crippen molar-refractivity contribution in [3.63, 3.8) is 0 Å². The van der Waals surface area contributed by atoms with Gasteiger partial charge in [-0.05, 0) is 74.9 Å². The second kappa shape index (κ2) is 10.9. The van der Waals surface area contributed by atoms with E-state index in [4.69, 9.17) is 9.47 Å². The van der Waals surface area contributed by atoms with Gasteiger partial charge in [0.05, 0.1) is 6.10 Å². The normalized spacial score (nSPS) is 21.4. The van der Waals surface area contributed by atoms with Gasteiger partial charge in [0, 0.05) is 37.5 Å². The molecule has 1 aliphatic heterocycles. The summed E-state index contributed by atoms with van der Waals surface area (Å²) in [7, 11) is 0. The van der Waals surface area contributed by atoms with Crippen LogP contribution in [0.3, 0.4) is 0 Å². The van der Waals surface area contributed by atoms with E-state index in [1.807, 2.05) is 42.5 Å². The highest BCUT2D eigenvalue weighted by Gasteiger charge is 2.43. The van der Waals surface area contributed by atoms with Crippen molar-refractivity contribution in [3.8, 4) is 0 Å². The van der Waals surface area contributed by atoms with Crippen LogP contribution in [0.2, 0.25) is 0 Å². The number of rotatable bonds is 8. The molecule has 7 heteroatoms. The number of alkyl carbamates (subject to hydrolysis) is 1. The zero-order chi connectivity index (χ0) is 24.0. The van der Waals surface area contributed by atoms with E-state index in [0.29, 0.717) is 31.6 Å². The molecule has 1 saturated heterocycles. The first-order valence-corrected chi connectivity index (χ1v) is 12.3. The number of ether oxygens (including phenoxy) is 2. The van der Waals surface area contributed by atoms with E-state index in [1.54, 1.807) is 0 Å². The third-order valence-electron chi connectivity index (χ3n) is 6.89. The quantitative estimate of drug-likeness (QED) is 0.608. The number of aryl methyl sites for hydroxylation is 1. The van der Waals surface area contributed by atoms with Gasteiger partial charge in [-0.25, -0.2) is 4.79 Å². The van der Waals surface area contributed by atoms with Crippen LogP contribution in [-0.4, -0.2) is 49.9 Å². The summed E-state index contributed by atoms with van der Waals surface area (Å²) in [6.45, 7) is 6.98. The van der Waals surface area contributed by atoms with Crippen LogP contribution < -0.4 is 15.5 Å². The Labute approximate surface area is 201 Å². The maximum atomic E-state index is 13.6. The molecule has 0 aromatic heterocycles. The fourth-order valence-corrected chi connectivity index (χ4v) is 4.86. The largest absolute Gasteiger partial charge is 0.447 e. The molecule has 0 saturated carbocycles. The number of fused-ring (bicyclic) bond motifs is 1. The third-order valence-corrected chi connectivity index (χ3v) is 6.89. The van der Waals surface area contributed by atoms with Crippen LogP contribution in [0.1, 0.15) is 44.2 Å². The molecule has 182 valence electrons. The zero-order valence-corrected chi connectivity index (χ0v) is 20.1. The fourth-order valence-electron chi connectivity index (χ4n) is 4.86. The lowest BCUT2D eigenvalue weighted by Gasteiger charge is -2.37. The first-order chi connectivity index (χ1) is 16.5. The number of nitrogens with one attached hydrogen (secondary N) is 2. The van der Waals surface area contributed by atoms with Crippen molar-refractivity contribution >= 4 is 23.4 Å². The molecule has 1 fully saturated rings. The Morgan fingerprint density at radius 1 is 1.09 bits per heavy atom. The first-order valence-electron chi connectivity index (χ1n) is 12.3. The van der Waals surface area contributed by atoms with E-state index in [0.717, 1.165) is 37.2 Å². The molecule has 0 unspecified atom stereocenters. The Balaban J connectivity index is 1.49. The maximum absolute atomic E-state index is 13.6. The SMILES string of the molecule is CCN(CC)c1ccc(NC(=O)[C@]2(NC(=O)OC[C@@H]3CCCO3)CCc3ccccc3C2)cc1. The number of hydrogen-bond acceptors (Lipinski definition) is 5. The Morgan fingerprint density at radius 3 is 2.50 bits per heavy atom. The van der Waals surface area contributed by atoms with Gasteiger partial charge in [-0.3, -0.25) is 4.79 Å². The predicted octanol–water partition coefficient (Wildman–Crippen LogP) is 4.30. The zero-order valence-electron chi connectivity index (χ0n) is 20.1. The lowest BCUT2D eigenvalue weighted by atomic mass is 9.77. The Kier molecular flexibility index (Phi) is 7.73. The summed E-state index contributed by atoms with van der Waals surface area (Å²) >= 11 is 0. The van der Waals surface area contributed by atoms with Crippen molar-refractivity contribution in [2.75, 3.05) is 36.5 Å². The molecule has 0 radical (unpaired) electrons. The molecule has 2 aromatic rings. The minimum atomic E-state index is -1.08. The number of anilines is 2. The molecule has 2 aliphatic rings. The Bertz CT molecular complexity index is 984. The van der Waals surface area contributed by atoms with Crippen LogP contribution >= 0.6 is 0 Å². The second-order valence-electron chi connectivity index (χ2n) is 9.06. The number of nitrogens with zero attached hydrogens (tertiary/aromatic N) is 1. The second-order valence-corrected chi connectivity index (χ2v) is 9.06. The fraction of sp³-hybridized carbons (Fsp3) is 0.481. The van der Waals surface area contributed by atoms with E-state index in [9.17, 15) is 9.59 Å². The van der Waals surface area contributed by atoms with Crippen LogP contribution in [0.25, 0.3) is 0 Å². The van der Waals surface area contributed by atoms with Crippen LogP contribution in [-0.2, 0) is 27.1 Å². The van der Waals surface area contributed by atoms with Crippen LogP contribution in [0.15, 0.2) is 48.5 Å². The van der Waals surface area contributed by atoms with Gasteiger partial charge in [0.15, 0.2) is 0 Å². The highest BCUT2D eigenvalue weighted by atomic mass is 16.6. The number of benzene rings is 2. The lowest BCUT2D eigenvalue weighted by Crippen LogP contribution is -2.60. The average Bonchev–Trinajstić information content (AvgIpc) is 3.38. The molecule has 1 heterocycles. The van der Waals surface area contributed by atoms with Crippen LogP contribution in [0.5, 0.6) is 0 Å². The van der Waals surface area contributed by atoms with E-state index in [1.165, 1.54) is 5.56 Å². The molecular weight excluding hydrogens is 430 g/mol. The molecule has 7 nitrogen and oxygen atoms in total. The van der Waals surface area contributed by atoms with Crippen molar-refractivity contribution in [3.05, 3.63) is 59.7 Å². The summed E-state index contributed by atoms with van der Waals surface area (Å²) in [4.78, 5) is 28.6. The Morgan fingerprint density at radius 2 is 1.82 bits per heavy atom. The van der Waals surface area contributed by atoms with Gasteiger partial charge in [0.2, 0.25) is 0 Å². The van der Waals surface area contributed by atoms with E-state index < -0.39 is 11.6 Å².